The Morgan fingerprint density at radius 2 is 2.00 bits per heavy atom. The standard InChI is InChI=1S/C18H21ClN2O3/c19-13-6-7-14-12(9-13)10-15(20-14)17(22)21-16(18(23)24)8-11-4-2-1-3-5-11/h6-7,9-11,16,20H,1-5,8H2,(H,21,22)(H,23,24)/t16-/m0/s1. The summed E-state index contributed by atoms with van der Waals surface area (Å²) < 4.78 is 0. The summed E-state index contributed by atoms with van der Waals surface area (Å²) in [6.45, 7) is 0. The van der Waals surface area contributed by atoms with Crippen molar-refractivity contribution in [1.82, 2.24) is 10.3 Å². The molecule has 24 heavy (non-hydrogen) atoms. The van der Waals surface area contributed by atoms with Gasteiger partial charge in [-0.25, -0.2) is 4.79 Å². The summed E-state index contributed by atoms with van der Waals surface area (Å²) in [7, 11) is 0. The van der Waals surface area contributed by atoms with Crippen molar-refractivity contribution in [3.05, 3.63) is 35.0 Å². The number of aliphatic carboxylic acids is 1. The number of hydrogen-bond acceptors (Lipinski definition) is 2. The Morgan fingerprint density at radius 1 is 1.25 bits per heavy atom. The Balaban J connectivity index is 1.70. The molecule has 0 unspecified atom stereocenters. The molecule has 0 bridgehead atoms. The Labute approximate surface area is 145 Å². The molecule has 1 amide bonds. The van der Waals surface area contributed by atoms with Gasteiger partial charge < -0.3 is 15.4 Å². The highest BCUT2D eigenvalue weighted by atomic mass is 35.5. The molecule has 3 N–H and O–H groups in total. The van der Waals surface area contributed by atoms with E-state index in [2.05, 4.69) is 10.3 Å². The SMILES string of the molecule is O=C(N[C@@H](CC1CCCCC1)C(=O)O)c1cc2cc(Cl)ccc2[nH]1. The molecule has 128 valence electrons. The minimum Gasteiger partial charge on any atom is -0.480 e. The second kappa shape index (κ2) is 7.26. The number of fused-ring (bicyclic) bond motifs is 1. The molecule has 1 aliphatic carbocycles. The highest BCUT2D eigenvalue weighted by Crippen LogP contribution is 2.27. The first-order valence-corrected chi connectivity index (χ1v) is 8.72. The number of carbonyl (C=O) groups excluding carboxylic acids is 1. The van der Waals surface area contributed by atoms with Gasteiger partial charge in [0.2, 0.25) is 0 Å². The van der Waals surface area contributed by atoms with Crippen molar-refractivity contribution in [2.45, 2.75) is 44.6 Å². The van der Waals surface area contributed by atoms with Crippen LogP contribution in [0.3, 0.4) is 0 Å². The molecule has 5 nitrogen and oxygen atoms in total. The predicted molar refractivity (Wildman–Crippen MR) is 93.4 cm³/mol. The molecule has 1 saturated carbocycles. The lowest BCUT2D eigenvalue weighted by Gasteiger charge is -2.24. The third kappa shape index (κ3) is 3.90. The van der Waals surface area contributed by atoms with Gasteiger partial charge in [0, 0.05) is 15.9 Å². The highest BCUT2D eigenvalue weighted by Gasteiger charge is 2.26. The number of carboxylic acid groups (broad SMARTS) is 1. The van der Waals surface area contributed by atoms with Crippen molar-refractivity contribution < 1.29 is 14.7 Å². The van der Waals surface area contributed by atoms with Crippen LogP contribution in [0.2, 0.25) is 5.02 Å². The van der Waals surface area contributed by atoms with Gasteiger partial charge in [-0.3, -0.25) is 4.79 Å². The number of nitrogens with one attached hydrogen (secondary N) is 2. The van der Waals surface area contributed by atoms with E-state index in [-0.39, 0.29) is 0 Å². The van der Waals surface area contributed by atoms with Gasteiger partial charge in [0.05, 0.1) is 0 Å². The van der Waals surface area contributed by atoms with Crippen LogP contribution in [0.5, 0.6) is 0 Å². The predicted octanol–water partition coefficient (Wildman–Crippen LogP) is 3.97. The molecule has 1 fully saturated rings. The molecule has 1 heterocycles. The number of aromatic nitrogens is 1. The number of halogens is 1. The minimum atomic E-state index is -0.979. The number of carbonyl (C=O) groups is 2. The van der Waals surface area contributed by atoms with Gasteiger partial charge >= 0.3 is 5.97 Å². The van der Waals surface area contributed by atoms with Crippen molar-refractivity contribution in [2.24, 2.45) is 5.92 Å². The third-order valence-electron chi connectivity index (χ3n) is 4.72. The average Bonchev–Trinajstić information content (AvgIpc) is 2.98. The highest BCUT2D eigenvalue weighted by molar-refractivity contribution is 6.31. The molecule has 0 aliphatic heterocycles. The van der Waals surface area contributed by atoms with Crippen molar-refractivity contribution in [1.29, 1.82) is 0 Å². The van der Waals surface area contributed by atoms with E-state index >= 15 is 0 Å². The lowest BCUT2D eigenvalue weighted by molar-refractivity contribution is -0.139. The van der Waals surface area contributed by atoms with Crippen LogP contribution in [0.4, 0.5) is 0 Å². The molecule has 0 spiro atoms. The largest absolute Gasteiger partial charge is 0.480 e. The summed E-state index contributed by atoms with van der Waals surface area (Å²) in [5.41, 5.74) is 1.14. The van der Waals surface area contributed by atoms with E-state index in [0.717, 1.165) is 36.6 Å². The normalized spacial score (nSPS) is 16.9. The molecule has 1 aromatic heterocycles. The maximum absolute atomic E-state index is 12.4. The number of aromatic amines is 1. The molecule has 1 aromatic carbocycles. The van der Waals surface area contributed by atoms with E-state index in [0.29, 0.717) is 23.1 Å². The van der Waals surface area contributed by atoms with Gasteiger partial charge in [-0.2, -0.15) is 0 Å². The number of amides is 1. The number of H-pyrrole nitrogens is 1. The minimum absolute atomic E-state index is 0.349. The fraction of sp³-hybridized carbons (Fsp3) is 0.444. The molecular formula is C18H21ClN2O3. The Morgan fingerprint density at radius 3 is 2.71 bits per heavy atom. The van der Waals surface area contributed by atoms with Gasteiger partial charge in [0.25, 0.3) is 5.91 Å². The second-order valence-corrected chi connectivity index (χ2v) is 6.96. The van der Waals surface area contributed by atoms with Crippen LogP contribution in [-0.4, -0.2) is 28.0 Å². The third-order valence-corrected chi connectivity index (χ3v) is 4.96. The Bertz CT molecular complexity index is 750. The lowest BCUT2D eigenvalue weighted by Crippen LogP contribution is -2.42. The molecule has 1 atom stereocenters. The summed E-state index contributed by atoms with van der Waals surface area (Å²) in [6.07, 6.45) is 6.10. The Hall–Kier alpha value is -2.01. The first-order chi connectivity index (χ1) is 11.5. The monoisotopic (exact) mass is 348 g/mol. The summed E-state index contributed by atoms with van der Waals surface area (Å²) in [5, 5.41) is 13.5. The molecule has 0 radical (unpaired) electrons. The first kappa shape index (κ1) is 16.8. The average molecular weight is 349 g/mol. The fourth-order valence-corrected chi connectivity index (χ4v) is 3.62. The molecule has 6 heteroatoms. The molecule has 3 rings (SSSR count). The topological polar surface area (TPSA) is 82.2 Å². The van der Waals surface area contributed by atoms with Gasteiger partial charge in [0.15, 0.2) is 0 Å². The van der Waals surface area contributed by atoms with Crippen molar-refractivity contribution in [3.63, 3.8) is 0 Å². The number of hydrogen-bond donors (Lipinski definition) is 3. The number of carboxylic acids is 1. The second-order valence-electron chi connectivity index (χ2n) is 6.52. The summed E-state index contributed by atoms with van der Waals surface area (Å²) in [4.78, 5) is 26.9. The Kier molecular flexibility index (Phi) is 5.09. The maximum Gasteiger partial charge on any atom is 0.326 e. The number of benzene rings is 1. The van der Waals surface area contributed by atoms with Crippen LogP contribution in [-0.2, 0) is 4.79 Å². The number of rotatable bonds is 5. The van der Waals surface area contributed by atoms with Crippen LogP contribution in [0.25, 0.3) is 10.9 Å². The van der Waals surface area contributed by atoms with Gasteiger partial charge in [-0.05, 0) is 36.6 Å². The van der Waals surface area contributed by atoms with E-state index in [1.54, 1.807) is 24.3 Å². The van der Waals surface area contributed by atoms with E-state index in [4.69, 9.17) is 11.6 Å². The smallest absolute Gasteiger partial charge is 0.326 e. The van der Waals surface area contributed by atoms with Crippen LogP contribution >= 0.6 is 11.6 Å². The van der Waals surface area contributed by atoms with Crippen LogP contribution < -0.4 is 5.32 Å². The summed E-state index contributed by atoms with van der Waals surface area (Å²) >= 11 is 5.95. The molecule has 0 saturated heterocycles. The van der Waals surface area contributed by atoms with E-state index in [9.17, 15) is 14.7 Å². The van der Waals surface area contributed by atoms with Crippen molar-refractivity contribution in [3.8, 4) is 0 Å². The first-order valence-electron chi connectivity index (χ1n) is 8.35. The quantitative estimate of drug-likeness (QED) is 0.764. The molecular weight excluding hydrogens is 328 g/mol. The zero-order valence-corrected chi connectivity index (χ0v) is 14.1. The van der Waals surface area contributed by atoms with Gasteiger partial charge in [-0.1, -0.05) is 43.7 Å². The zero-order chi connectivity index (χ0) is 17.1. The van der Waals surface area contributed by atoms with Gasteiger partial charge in [-0.15, -0.1) is 0 Å². The van der Waals surface area contributed by atoms with E-state index in [1.165, 1.54) is 6.42 Å². The maximum atomic E-state index is 12.4. The molecule has 2 aromatic rings. The zero-order valence-electron chi connectivity index (χ0n) is 13.3. The van der Waals surface area contributed by atoms with Gasteiger partial charge in [0.1, 0.15) is 11.7 Å². The van der Waals surface area contributed by atoms with Crippen LogP contribution in [0, 0.1) is 5.92 Å². The van der Waals surface area contributed by atoms with Crippen LogP contribution in [0.15, 0.2) is 24.3 Å². The lowest BCUT2D eigenvalue weighted by atomic mass is 9.85. The summed E-state index contributed by atoms with van der Waals surface area (Å²) in [5.74, 6) is -1.000. The molecule has 1 aliphatic rings. The van der Waals surface area contributed by atoms with E-state index < -0.39 is 17.9 Å². The fourth-order valence-electron chi connectivity index (χ4n) is 3.44. The van der Waals surface area contributed by atoms with Crippen molar-refractivity contribution >= 4 is 34.4 Å². The van der Waals surface area contributed by atoms with Crippen molar-refractivity contribution in [2.75, 3.05) is 0 Å². The van der Waals surface area contributed by atoms with Crippen LogP contribution in [0.1, 0.15) is 49.0 Å². The van der Waals surface area contributed by atoms with E-state index in [1.807, 2.05) is 0 Å². The summed E-state index contributed by atoms with van der Waals surface area (Å²) in [6, 6.07) is 6.14.